The van der Waals surface area contributed by atoms with Crippen LogP contribution in [0, 0.1) is 5.82 Å². The maximum absolute atomic E-state index is 13.2. The van der Waals surface area contributed by atoms with Gasteiger partial charge in [0.05, 0.1) is 0 Å². The summed E-state index contributed by atoms with van der Waals surface area (Å²) in [6.45, 7) is 0.365. The lowest BCUT2D eigenvalue weighted by Gasteiger charge is -2.18. The zero-order valence-electron chi connectivity index (χ0n) is 12.8. The molecule has 2 aromatic carbocycles. The molecule has 116 valence electrons. The topological polar surface area (TPSA) is 25.2 Å². The van der Waals surface area contributed by atoms with E-state index in [1.807, 2.05) is 53.4 Å². The zero-order valence-corrected chi connectivity index (χ0v) is 12.8. The Kier molecular flexibility index (Phi) is 4.24. The van der Waals surface area contributed by atoms with Gasteiger partial charge < -0.3 is 9.47 Å². The Hall–Kier alpha value is -2.88. The third kappa shape index (κ3) is 3.48. The highest BCUT2D eigenvalue weighted by atomic mass is 19.1. The average Bonchev–Trinajstić information content (AvgIpc) is 3.09. The predicted molar refractivity (Wildman–Crippen MR) is 88.0 cm³/mol. The van der Waals surface area contributed by atoms with Gasteiger partial charge in [-0.1, -0.05) is 18.2 Å². The molecule has 0 radical (unpaired) electrons. The second kappa shape index (κ2) is 6.48. The van der Waals surface area contributed by atoms with Gasteiger partial charge in [0.25, 0.3) is 5.91 Å². The molecule has 0 saturated carbocycles. The minimum atomic E-state index is -0.294. The molecule has 4 heteroatoms. The molecule has 0 saturated heterocycles. The molecule has 0 atom stereocenters. The van der Waals surface area contributed by atoms with E-state index in [-0.39, 0.29) is 11.7 Å². The summed E-state index contributed by atoms with van der Waals surface area (Å²) >= 11 is 0. The third-order valence-corrected chi connectivity index (χ3v) is 3.65. The minimum Gasteiger partial charge on any atom is -0.337 e. The SMILES string of the molecule is CN(Cc1cccc(F)c1)C(=O)c1cccc(-n2cccc2)c1. The first-order valence-electron chi connectivity index (χ1n) is 7.37. The molecule has 0 spiro atoms. The first-order chi connectivity index (χ1) is 11.1. The van der Waals surface area contributed by atoms with Crippen molar-refractivity contribution in [1.29, 1.82) is 0 Å². The van der Waals surface area contributed by atoms with Crippen LogP contribution in [0.1, 0.15) is 15.9 Å². The van der Waals surface area contributed by atoms with Crippen molar-refractivity contribution >= 4 is 5.91 Å². The maximum atomic E-state index is 13.2. The molecular weight excluding hydrogens is 291 g/mol. The van der Waals surface area contributed by atoms with Crippen LogP contribution in [-0.2, 0) is 6.54 Å². The van der Waals surface area contributed by atoms with Crippen LogP contribution in [0.25, 0.3) is 5.69 Å². The molecule has 1 heterocycles. The fourth-order valence-electron chi connectivity index (χ4n) is 2.51. The lowest BCUT2D eigenvalue weighted by molar-refractivity contribution is 0.0785. The largest absolute Gasteiger partial charge is 0.337 e. The van der Waals surface area contributed by atoms with Gasteiger partial charge in [-0.05, 0) is 48.0 Å². The Labute approximate surface area is 134 Å². The normalized spacial score (nSPS) is 10.5. The Balaban J connectivity index is 1.78. The summed E-state index contributed by atoms with van der Waals surface area (Å²) < 4.78 is 15.2. The molecule has 1 amide bonds. The summed E-state index contributed by atoms with van der Waals surface area (Å²) in [7, 11) is 1.72. The van der Waals surface area contributed by atoms with Crippen molar-refractivity contribution in [3.05, 3.63) is 90.0 Å². The van der Waals surface area contributed by atoms with Gasteiger partial charge in [-0.3, -0.25) is 4.79 Å². The van der Waals surface area contributed by atoms with Crippen LogP contribution in [0.4, 0.5) is 4.39 Å². The molecule has 1 aromatic heterocycles. The molecular formula is C19H17FN2O. The van der Waals surface area contributed by atoms with E-state index >= 15 is 0 Å². The number of benzene rings is 2. The van der Waals surface area contributed by atoms with Crippen molar-refractivity contribution in [2.45, 2.75) is 6.54 Å². The fraction of sp³-hybridized carbons (Fsp3) is 0.105. The zero-order chi connectivity index (χ0) is 16.2. The Morgan fingerprint density at radius 2 is 1.78 bits per heavy atom. The quantitative estimate of drug-likeness (QED) is 0.718. The van der Waals surface area contributed by atoms with Gasteiger partial charge in [-0.15, -0.1) is 0 Å². The van der Waals surface area contributed by atoms with Crippen LogP contribution in [0.2, 0.25) is 0 Å². The molecule has 3 aromatic rings. The van der Waals surface area contributed by atoms with Crippen molar-refractivity contribution in [3.8, 4) is 5.69 Å². The van der Waals surface area contributed by atoms with E-state index < -0.39 is 0 Å². The van der Waals surface area contributed by atoms with Crippen LogP contribution in [0.5, 0.6) is 0 Å². The second-order valence-corrected chi connectivity index (χ2v) is 5.43. The van der Waals surface area contributed by atoms with E-state index in [2.05, 4.69) is 0 Å². The van der Waals surface area contributed by atoms with Crippen molar-refractivity contribution < 1.29 is 9.18 Å². The number of rotatable bonds is 4. The number of amides is 1. The van der Waals surface area contributed by atoms with E-state index in [1.54, 1.807) is 24.1 Å². The molecule has 0 aliphatic heterocycles. The van der Waals surface area contributed by atoms with Crippen molar-refractivity contribution in [3.63, 3.8) is 0 Å². The van der Waals surface area contributed by atoms with E-state index in [4.69, 9.17) is 0 Å². The Morgan fingerprint density at radius 1 is 1.04 bits per heavy atom. The minimum absolute atomic E-state index is 0.0942. The summed E-state index contributed by atoms with van der Waals surface area (Å²) in [5.41, 5.74) is 2.30. The number of aromatic nitrogens is 1. The summed E-state index contributed by atoms with van der Waals surface area (Å²) in [5, 5.41) is 0. The number of carbonyl (C=O) groups excluding carboxylic acids is 1. The number of hydrogen-bond acceptors (Lipinski definition) is 1. The smallest absolute Gasteiger partial charge is 0.253 e. The maximum Gasteiger partial charge on any atom is 0.253 e. The summed E-state index contributed by atoms with van der Waals surface area (Å²) in [4.78, 5) is 14.2. The van der Waals surface area contributed by atoms with Crippen LogP contribution in [0.15, 0.2) is 73.1 Å². The van der Waals surface area contributed by atoms with E-state index in [9.17, 15) is 9.18 Å². The summed E-state index contributed by atoms with van der Waals surface area (Å²) in [5.74, 6) is -0.388. The fourth-order valence-corrected chi connectivity index (χ4v) is 2.51. The standard InChI is InChI=1S/C19H17FN2O/c1-21(14-15-6-4-8-17(20)12-15)19(23)16-7-5-9-18(13-16)22-10-2-3-11-22/h2-13H,14H2,1H3. The first-order valence-corrected chi connectivity index (χ1v) is 7.37. The monoisotopic (exact) mass is 308 g/mol. The average molecular weight is 308 g/mol. The highest BCUT2D eigenvalue weighted by Crippen LogP contribution is 2.14. The summed E-state index contributed by atoms with van der Waals surface area (Å²) in [6, 6.07) is 17.6. The molecule has 3 nitrogen and oxygen atoms in total. The lowest BCUT2D eigenvalue weighted by Crippen LogP contribution is -2.26. The van der Waals surface area contributed by atoms with Gasteiger partial charge in [-0.25, -0.2) is 4.39 Å². The highest BCUT2D eigenvalue weighted by molar-refractivity contribution is 5.94. The molecule has 0 bridgehead atoms. The summed E-state index contributed by atoms with van der Waals surface area (Å²) in [6.07, 6.45) is 3.86. The molecule has 0 aliphatic carbocycles. The van der Waals surface area contributed by atoms with Gasteiger partial charge in [0.2, 0.25) is 0 Å². The number of halogens is 1. The van der Waals surface area contributed by atoms with Crippen LogP contribution >= 0.6 is 0 Å². The number of nitrogens with zero attached hydrogens (tertiary/aromatic N) is 2. The third-order valence-electron chi connectivity index (χ3n) is 3.65. The molecule has 0 unspecified atom stereocenters. The van der Waals surface area contributed by atoms with Gasteiger partial charge in [0.1, 0.15) is 5.82 Å². The predicted octanol–water partition coefficient (Wildman–Crippen LogP) is 3.89. The van der Waals surface area contributed by atoms with Gasteiger partial charge >= 0.3 is 0 Å². The van der Waals surface area contributed by atoms with Crippen LogP contribution < -0.4 is 0 Å². The van der Waals surface area contributed by atoms with E-state index in [0.717, 1.165) is 11.3 Å². The van der Waals surface area contributed by atoms with E-state index in [0.29, 0.717) is 12.1 Å². The van der Waals surface area contributed by atoms with E-state index in [1.165, 1.54) is 12.1 Å². The van der Waals surface area contributed by atoms with Gasteiger partial charge in [0, 0.05) is 37.2 Å². The van der Waals surface area contributed by atoms with Crippen molar-refractivity contribution in [2.24, 2.45) is 0 Å². The number of carbonyl (C=O) groups is 1. The molecule has 23 heavy (non-hydrogen) atoms. The lowest BCUT2D eigenvalue weighted by atomic mass is 10.1. The van der Waals surface area contributed by atoms with Crippen LogP contribution in [0.3, 0.4) is 0 Å². The molecule has 3 rings (SSSR count). The van der Waals surface area contributed by atoms with Gasteiger partial charge in [0.15, 0.2) is 0 Å². The van der Waals surface area contributed by atoms with Crippen LogP contribution in [-0.4, -0.2) is 22.4 Å². The Morgan fingerprint density at radius 3 is 2.52 bits per heavy atom. The van der Waals surface area contributed by atoms with Crippen molar-refractivity contribution in [2.75, 3.05) is 7.05 Å². The second-order valence-electron chi connectivity index (χ2n) is 5.43. The van der Waals surface area contributed by atoms with Crippen molar-refractivity contribution in [1.82, 2.24) is 9.47 Å². The first kappa shape index (κ1) is 15.0. The number of hydrogen-bond donors (Lipinski definition) is 0. The Bertz CT molecular complexity index is 812. The highest BCUT2D eigenvalue weighted by Gasteiger charge is 2.13. The molecule has 0 aliphatic rings. The molecule has 0 N–H and O–H groups in total. The van der Waals surface area contributed by atoms with Gasteiger partial charge in [-0.2, -0.15) is 0 Å². The molecule has 0 fully saturated rings.